The second-order valence-electron chi connectivity index (χ2n) is 7.57. The maximum absolute atomic E-state index is 6.00. The van der Waals surface area contributed by atoms with Gasteiger partial charge in [-0.1, -0.05) is 42.5 Å². The van der Waals surface area contributed by atoms with Gasteiger partial charge in [-0.05, 0) is 30.7 Å². The standard InChI is InChI=1S/C25H30N6O.HI/c1-2-26-25(31-17-15-30(16-18-31)23-12-6-7-13-27-23)29-19-22-11-8-14-28-24(22)32-20-21-9-4-3-5-10-21;/h3-14H,2,15-20H2,1H3,(H,26,29);1H. The fourth-order valence-corrected chi connectivity index (χ4v) is 3.67. The summed E-state index contributed by atoms with van der Waals surface area (Å²) in [6.45, 7) is 7.55. The molecule has 0 radical (unpaired) electrons. The molecule has 1 aliphatic heterocycles. The van der Waals surface area contributed by atoms with Crippen molar-refractivity contribution in [3.8, 4) is 5.88 Å². The van der Waals surface area contributed by atoms with Crippen LogP contribution in [0.3, 0.4) is 0 Å². The zero-order chi connectivity index (χ0) is 22.0. The van der Waals surface area contributed by atoms with Crippen LogP contribution in [-0.2, 0) is 13.2 Å². The molecule has 0 saturated carbocycles. The third kappa shape index (κ3) is 7.05. The van der Waals surface area contributed by atoms with E-state index in [0.29, 0.717) is 19.0 Å². The molecule has 0 amide bonds. The summed E-state index contributed by atoms with van der Waals surface area (Å²) in [6, 6.07) is 20.1. The molecule has 1 saturated heterocycles. The van der Waals surface area contributed by atoms with Gasteiger partial charge in [0, 0.05) is 50.7 Å². The largest absolute Gasteiger partial charge is 0.473 e. The van der Waals surface area contributed by atoms with Crippen molar-refractivity contribution in [2.75, 3.05) is 37.6 Å². The van der Waals surface area contributed by atoms with Crippen molar-refractivity contribution < 1.29 is 4.74 Å². The molecular weight excluding hydrogens is 527 g/mol. The average Bonchev–Trinajstić information content (AvgIpc) is 2.87. The minimum atomic E-state index is 0. The molecule has 2 aromatic heterocycles. The van der Waals surface area contributed by atoms with Crippen LogP contribution in [0.2, 0.25) is 0 Å². The topological polar surface area (TPSA) is 65.9 Å². The van der Waals surface area contributed by atoms with Crippen LogP contribution in [0.25, 0.3) is 0 Å². The summed E-state index contributed by atoms with van der Waals surface area (Å²) in [5.41, 5.74) is 2.10. The number of pyridine rings is 2. The lowest BCUT2D eigenvalue weighted by atomic mass is 10.2. The summed E-state index contributed by atoms with van der Waals surface area (Å²) in [5, 5.41) is 3.44. The molecule has 1 N–H and O–H groups in total. The Morgan fingerprint density at radius 2 is 1.70 bits per heavy atom. The van der Waals surface area contributed by atoms with Crippen molar-refractivity contribution in [3.05, 3.63) is 84.2 Å². The van der Waals surface area contributed by atoms with E-state index >= 15 is 0 Å². The first-order valence-electron chi connectivity index (χ1n) is 11.1. The fraction of sp³-hybridized carbons (Fsp3) is 0.320. The smallest absolute Gasteiger partial charge is 0.218 e. The van der Waals surface area contributed by atoms with Crippen LogP contribution in [0.5, 0.6) is 5.88 Å². The fourth-order valence-electron chi connectivity index (χ4n) is 3.67. The Labute approximate surface area is 212 Å². The maximum Gasteiger partial charge on any atom is 0.218 e. The van der Waals surface area contributed by atoms with Crippen molar-refractivity contribution in [2.24, 2.45) is 4.99 Å². The van der Waals surface area contributed by atoms with Crippen LogP contribution in [0.15, 0.2) is 78.0 Å². The van der Waals surface area contributed by atoms with Gasteiger partial charge in [0.15, 0.2) is 5.96 Å². The number of hydrogen-bond donors (Lipinski definition) is 1. The first-order valence-corrected chi connectivity index (χ1v) is 11.1. The van der Waals surface area contributed by atoms with E-state index in [0.717, 1.165) is 55.6 Å². The molecule has 0 unspecified atom stereocenters. The van der Waals surface area contributed by atoms with Crippen LogP contribution < -0.4 is 15.0 Å². The van der Waals surface area contributed by atoms with Gasteiger partial charge in [0.25, 0.3) is 0 Å². The Kier molecular flexibility index (Phi) is 9.74. The molecule has 7 nitrogen and oxygen atoms in total. The van der Waals surface area contributed by atoms with Crippen LogP contribution in [0.4, 0.5) is 5.82 Å². The minimum Gasteiger partial charge on any atom is -0.473 e. The van der Waals surface area contributed by atoms with E-state index in [1.54, 1.807) is 6.20 Å². The molecule has 1 fully saturated rings. The van der Waals surface area contributed by atoms with Gasteiger partial charge in [-0.25, -0.2) is 15.0 Å². The van der Waals surface area contributed by atoms with E-state index in [4.69, 9.17) is 9.73 Å². The molecule has 1 aliphatic rings. The summed E-state index contributed by atoms with van der Waals surface area (Å²) in [4.78, 5) is 18.4. The van der Waals surface area contributed by atoms with Gasteiger partial charge in [0.05, 0.1) is 6.54 Å². The lowest BCUT2D eigenvalue weighted by Crippen LogP contribution is -2.52. The van der Waals surface area contributed by atoms with Crippen molar-refractivity contribution in [1.82, 2.24) is 20.2 Å². The van der Waals surface area contributed by atoms with Gasteiger partial charge in [-0.2, -0.15) is 0 Å². The SMILES string of the molecule is CCNC(=NCc1cccnc1OCc1ccccc1)N1CCN(c2ccccn2)CC1.I. The first kappa shape index (κ1) is 24.8. The molecule has 0 aliphatic carbocycles. The van der Waals surface area contributed by atoms with Gasteiger partial charge in [0.2, 0.25) is 5.88 Å². The molecule has 8 heteroatoms. The summed E-state index contributed by atoms with van der Waals surface area (Å²) >= 11 is 0. The summed E-state index contributed by atoms with van der Waals surface area (Å²) in [5.74, 6) is 2.59. The second-order valence-corrected chi connectivity index (χ2v) is 7.57. The number of nitrogens with zero attached hydrogens (tertiary/aromatic N) is 5. The highest BCUT2D eigenvalue weighted by atomic mass is 127. The molecular formula is C25H31IN6O. The lowest BCUT2D eigenvalue weighted by molar-refractivity contribution is 0.290. The molecule has 174 valence electrons. The van der Waals surface area contributed by atoms with Crippen molar-refractivity contribution in [1.29, 1.82) is 0 Å². The number of aliphatic imine (C=N–C) groups is 1. The predicted molar refractivity (Wildman–Crippen MR) is 143 cm³/mol. The van der Waals surface area contributed by atoms with E-state index in [2.05, 4.69) is 50.2 Å². The predicted octanol–water partition coefficient (Wildman–Crippen LogP) is 3.96. The third-order valence-electron chi connectivity index (χ3n) is 5.35. The highest BCUT2D eigenvalue weighted by molar-refractivity contribution is 14.0. The van der Waals surface area contributed by atoms with Gasteiger partial charge >= 0.3 is 0 Å². The van der Waals surface area contributed by atoms with Crippen molar-refractivity contribution >= 4 is 35.8 Å². The van der Waals surface area contributed by atoms with Crippen molar-refractivity contribution in [2.45, 2.75) is 20.1 Å². The Balaban J connectivity index is 0.00000306. The Hall–Kier alpha value is -2.88. The number of ether oxygens (including phenoxy) is 1. The van der Waals surface area contributed by atoms with E-state index in [9.17, 15) is 0 Å². The van der Waals surface area contributed by atoms with Gasteiger partial charge in [0.1, 0.15) is 12.4 Å². The number of benzene rings is 1. The van der Waals surface area contributed by atoms with Crippen molar-refractivity contribution in [3.63, 3.8) is 0 Å². The lowest BCUT2D eigenvalue weighted by Gasteiger charge is -2.37. The van der Waals surface area contributed by atoms with E-state index in [1.165, 1.54) is 0 Å². The Bertz CT molecular complexity index is 994. The molecule has 33 heavy (non-hydrogen) atoms. The summed E-state index contributed by atoms with van der Waals surface area (Å²) in [7, 11) is 0. The van der Waals surface area contributed by atoms with Gasteiger partial charge in [-0.15, -0.1) is 24.0 Å². The Morgan fingerprint density at radius 3 is 2.42 bits per heavy atom. The zero-order valence-corrected chi connectivity index (χ0v) is 21.3. The van der Waals surface area contributed by atoms with Gasteiger partial charge < -0.3 is 19.9 Å². The quantitative estimate of drug-likeness (QED) is 0.269. The van der Waals surface area contributed by atoms with Crippen LogP contribution >= 0.6 is 24.0 Å². The van der Waals surface area contributed by atoms with E-state index in [-0.39, 0.29) is 24.0 Å². The number of hydrogen-bond acceptors (Lipinski definition) is 5. The highest BCUT2D eigenvalue weighted by Gasteiger charge is 2.20. The molecule has 3 aromatic rings. The van der Waals surface area contributed by atoms with E-state index < -0.39 is 0 Å². The van der Waals surface area contributed by atoms with Crippen LogP contribution in [0, 0.1) is 0 Å². The Morgan fingerprint density at radius 1 is 0.939 bits per heavy atom. The second kappa shape index (κ2) is 13.0. The number of anilines is 1. The number of halogens is 1. The molecule has 0 bridgehead atoms. The first-order chi connectivity index (χ1) is 15.8. The van der Waals surface area contributed by atoms with E-state index in [1.807, 2.05) is 48.7 Å². The summed E-state index contributed by atoms with van der Waals surface area (Å²) in [6.07, 6.45) is 3.61. The number of piperazine rings is 1. The van der Waals surface area contributed by atoms with Gasteiger partial charge in [-0.3, -0.25) is 0 Å². The molecule has 1 aromatic carbocycles. The number of rotatable bonds is 7. The van der Waals surface area contributed by atoms with Crippen LogP contribution in [-0.4, -0.2) is 53.6 Å². The number of nitrogens with one attached hydrogen (secondary N) is 1. The summed E-state index contributed by atoms with van der Waals surface area (Å²) < 4.78 is 6.00. The number of guanidine groups is 1. The maximum atomic E-state index is 6.00. The highest BCUT2D eigenvalue weighted by Crippen LogP contribution is 2.18. The molecule has 4 rings (SSSR count). The van der Waals surface area contributed by atoms with Crippen LogP contribution in [0.1, 0.15) is 18.1 Å². The zero-order valence-electron chi connectivity index (χ0n) is 18.9. The monoisotopic (exact) mass is 558 g/mol. The third-order valence-corrected chi connectivity index (χ3v) is 5.35. The number of aromatic nitrogens is 2. The molecule has 0 atom stereocenters. The molecule has 3 heterocycles. The average molecular weight is 558 g/mol. The molecule has 0 spiro atoms. The minimum absolute atomic E-state index is 0. The normalized spacial score (nSPS) is 13.9.